The van der Waals surface area contributed by atoms with Crippen molar-refractivity contribution in [2.45, 2.75) is 6.61 Å². The second-order valence-corrected chi connectivity index (χ2v) is 3.79. The lowest BCUT2D eigenvalue weighted by Crippen LogP contribution is -2.06. The Morgan fingerprint density at radius 1 is 1.17 bits per heavy atom. The molecule has 0 heterocycles. The van der Waals surface area contributed by atoms with E-state index >= 15 is 0 Å². The average Bonchev–Trinajstić information content (AvgIpc) is 2.37. The molecule has 0 aromatic heterocycles. The molecule has 0 aliphatic rings. The number of rotatable bonds is 3. The average molecular weight is 245 g/mol. The Bertz CT molecular complexity index is 569. The van der Waals surface area contributed by atoms with Gasteiger partial charge in [-0.15, -0.1) is 0 Å². The molecule has 3 nitrogen and oxygen atoms in total. The summed E-state index contributed by atoms with van der Waals surface area (Å²) in [6, 6.07) is 12.6. The van der Waals surface area contributed by atoms with Crippen molar-refractivity contribution in [1.29, 1.82) is 0 Å². The van der Waals surface area contributed by atoms with Crippen LogP contribution in [0.2, 0.25) is 0 Å². The van der Waals surface area contributed by atoms with Gasteiger partial charge in [0, 0.05) is 11.3 Å². The molecule has 0 unspecified atom stereocenters. The van der Waals surface area contributed by atoms with E-state index in [0.717, 1.165) is 0 Å². The quantitative estimate of drug-likeness (QED) is 0.668. The van der Waals surface area contributed by atoms with Gasteiger partial charge in [-0.05, 0) is 24.3 Å². The molecule has 0 aliphatic carbocycles. The molecule has 0 saturated heterocycles. The van der Waals surface area contributed by atoms with Crippen molar-refractivity contribution < 1.29 is 13.9 Å². The van der Waals surface area contributed by atoms with Crippen molar-refractivity contribution in [3.8, 4) is 0 Å². The number of halogens is 1. The van der Waals surface area contributed by atoms with E-state index in [1.165, 1.54) is 12.1 Å². The second-order valence-electron chi connectivity index (χ2n) is 3.79. The lowest BCUT2D eigenvalue weighted by atomic mass is 10.2. The van der Waals surface area contributed by atoms with Crippen LogP contribution in [0.3, 0.4) is 0 Å². The largest absolute Gasteiger partial charge is 0.457 e. The second kappa shape index (κ2) is 5.31. The molecular formula is C14H12FNO2. The summed E-state index contributed by atoms with van der Waals surface area (Å²) in [7, 11) is 0. The maximum atomic E-state index is 13.3. The van der Waals surface area contributed by atoms with E-state index in [0.29, 0.717) is 16.8 Å². The number of esters is 1. The fraction of sp³-hybridized carbons (Fsp3) is 0.0714. The maximum Gasteiger partial charge on any atom is 0.338 e. The van der Waals surface area contributed by atoms with E-state index < -0.39 is 11.8 Å². The molecule has 2 aromatic carbocycles. The van der Waals surface area contributed by atoms with Gasteiger partial charge in [-0.3, -0.25) is 0 Å². The number of hydrogen-bond donors (Lipinski definition) is 1. The topological polar surface area (TPSA) is 52.3 Å². The Hall–Kier alpha value is -2.36. The third-order valence-electron chi connectivity index (χ3n) is 2.44. The molecule has 0 aliphatic heterocycles. The number of benzene rings is 2. The van der Waals surface area contributed by atoms with Gasteiger partial charge in [0.25, 0.3) is 0 Å². The van der Waals surface area contributed by atoms with E-state index in [1.54, 1.807) is 36.4 Å². The Labute approximate surface area is 104 Å². The maximum absolute atomic E-state index is 13.3. The number of carbonyl (C=O) groups excluding carboxylic acids is 1. The lowest BCUT2D eigenvalue weighted by Gasteiger charge is -2.06. The zero-order valence-corrected chi connectivity index (χ0v) is 9.60. The molecule has 0 bridgehead atoms. The van der Waals surface area contributed by atoms with Crippen molar-refractivity contribution in [3.63, 3.8) is 0 Å². The Morgan fingerprint density at radius 2 is 1.94 bits per heavy atom. The van der Waals surface area contributed by atoms with Gasteiger partial charge in [-0.2, -0.15) is 0 Å². The van der Waals surface area contributed by atoms with Gasteiger partial charge in [-0.1, -0.05) is 24.3 Å². The van der Waals surface area contributed by atoms with E-state index in [1.807, 2.05) is 0 Å². The Kier molecular flexibility index (Phi) is 3.57. The highest BCUT2D eigenvalue weighted by atomic mass is 19.1. The third kappa shape index (κ3) is 2.85. The monoisotopic (exact) mass is 245 g/mol. The summed E-state index contributed by atoms with van der Waals surface area (Å²) in [6.07, 6.45) is 0. The van der Waals surface area contributed by atoms with Gasteiger partial charge in [0.05, 0.1) is 5.56 Å². The zero-order valence-electron chi connectivity index (χ0n) is 9.60. The van der Waals surface area contributed by atoms with E-state index in [4.69, 9.17) is 10.5 Å². The molecule has 18 heavy (non-hydrogen) atoms. The minimum absolute atomic E-state index is 0.0969. The first kappa shape index (κ1) is 12.1. The van der Waals surface area contributed by atoms with Crippen LogP contribution in [0, 0.1) is 5.82 Å². The molecule has 4 heteroatoms. The van der Waals surface area contributed by atoms with Crippen LogP contribution in [0.4, 0.5) is 10.1 Å². The number of carbonyl (C=O) groups is 1. The summed E-state index contributed by atoms with van der Waals surface area (Å²) in [5.41, 5.74) is 6.74. The fourth-order valence-electron chi connectivity index (χ4n) is 1.51. The molecule has 0 atom stereocenters. The van der Waals surface area contributed by atoms with Gasteiger partial charge >= 0.3 is 5.97 Å². The summed E-state index contributed by atoms with van der Waals surface area (Å²) in [6.45, 7) is -0.0969. The molecule has 2 aromatic rings. The van der Waals surface area contributed by atoms with Crippen molar-refractivity contribution in [3.05, 3.63) is 65.5 Å². The first-order valence-electron chi connectivity index (χ1n) is 5.43. The summed E-state index contributed by atoms with van der Waals surface area (Å²) in [5.74, 6) is -0.913. The molecule has 2 N–H and O–H groups in total. The van der Waals surface area contributed by atoms with Crippen molar-refractivity contribution in [1.82, 2.24) is 0 Å². The van der Waals surface area contributed by atoms with E-state index in [9.17, 15) is 9.18 Å². The van der Waals surface area contributed by atoms with Crippen LogP contribution in [0.25, 0.3) is 0 Å². The van der Waals surface area contributed by atoms with Gasteiger partial charge < -0.3 is 10.5 Å². The number of ether oxygens (including phenoxy) is 1. The Balaban J connectivity index is 2.03. The fourth-order valence-corrected chi connectivity index (χ4v) is 1.51. The molecule has 0 fully saturated rings. The predicted octanol–water partition coefficient (Wildman–Crippen LogP) is 2.76. The van der Waals surface area contributed by atoms with Gasteiger partial charge in [0.15, 0.2) is 0 Å². The van der Waals surface area contributed by atoms with E-state index in [-0.39, 0.29) is 6.61 Å². The number of nitrogens with two attached hydrogens (primary N) is 1. The molecule has 0 radical (unpaired) electrons. The van der Waals surface area contributed by atoms with Crippen LogP contribution < -0.4 is 5.73 Å². The van der Waals surface area contributed by atoms with Crippen LogP contribution in [0.5, 0.6) is 0 Å². The first-order valence-corrected chi connectivity index (χ1v) is 5.43. The van der Waals surface area contributed by atoms with Crippen molar-refractivity contribution in [2.75, 3.05) is 5.73 Å². The molecule has 92 valence electrons. The smallest absolute Gasteiger partial charge is 0.338 e. The number of anilines is 1. The summed E-state index contributed by atoms with van der Waals surface area (Å²) in [4.78, 5) is 11.7. The molecule has 0 saturated carbocycles. The highest BCUT2D eigenvalue weighted by Crippen LogP contribution is 2.11. The van der Waals surface area contributed by atoms with Crippen molar-refractivity contribution >= 4 is 11.7 Å². The number of hydrogen-bond acceptors (Lipinski definition) is 3. The van der Waals surface area contributed by atoms with Gasteiger partial charge in [0.1, 0.15) is 12.4 Å². The predicted molar refractivity (Wildman–Crippen MR) is 66.4 cm³/mol. The van der Waals surface area contributed by atoms with Crippen LogP contribution in [-0.4, -0.2) is 5.97 Å². The van der Waals surface area contributed by atoms with Gasteiger partial charge in [-0.25, -0.2) is 9.18 Å². The minimum Gasteiger partial charge on any atom is -0.457 e. The van der Waals surface area contributed by atoms with Crippen molar-refractivity contribution in [2.24, 2.45) is 0 Å². The molecular weight excluding hydrogens is 233 g/mol. The van der Waals surface area contributed by atoms with Gasteiger partial charge in [0.2, 0.25) is 0 Å². The zero-order chi connectivity index (χ0) is 13.0. The van der Waals surface area contributed by atoms with E-state index in [2.05, 4.69) is 0 Å². The standard InChI is InChI=1S/C14H12FNO2/c15-13-7-2-1-4-11(13)9-18-14(17)10-5-3-6-12(16)8-10/h1-8H,9,16H2. The highest BCUT2D eigenvalue weighted by Gasteiger charge is 2.09. The SMILES string of the molecule is Nc1cccc(C(=O)OCc2ccccc2F)c1. The third-order valence-corrected chi connectivity index (χ3v) is 2.44. The molecule has 0 spiro atoms. The highest BCUT2D eigenvalue weighted by molar-refractivity contribution is 5.90. The van der Waals surface area contributed by atoms with Crippen LogP contribution in [-0.2, 0) is 11.3 Å². The minimum atomic E-state index is -0.523. The molecule has 2 rings (SSSR count). The van der Waals surface area contributed by atoms with Crippen LogP contribution >= 0.6 is 0 Å². The summed E-state index contributed by atoms with van der Waals surface area (Å²) < 4.78 is 18.3. The van der Waals surface area contributed by atoms with Crippen LogP contribution in [0.15, 0.2) is 48.5 Å². The van der Waals surface area contributed by atoms with Crippen LogP contribution in [0.1, 0.15) is 15.9 Å². The summed E-state index contributed by atoms with van der Waals surface area (Å²) in [5, 5.41) is 0. The molecule has 0 amide bonds. The normalized spacial score (nSPS) is 10.1. The number of nitrogen functional groups attached to an aromatic ring is 1. The first-order chi connectivity index (χ1) is 8.66. The Morgan fingerprint density at radius 3 is 2.67 bits per heavy atom. The lowest BCUT2D eigenvalue weighted by molar-refractivity contribution is 0.0469. The summed E-state index contributed by atoms with van der Waals surface area (Å²) >= 11 is 0.